The molecule has 2 rings (SSSR count). The summed E-state index contributed by atoms with van der Waals surface area (Å²) < 4.78 is 77.8. The van der Waals surface area contributed by atoms with Crippen molar-refractivity contribution < 1.29 is 45.4 Å². The van der Waals surface area contributed by atoms with E-state index in [2.05, 4.69) is 9.46 Å². The Morgan fingerprint density at radius 1 is 1.14 bits per heavy atom. The molecule has 1 aliphatic heterocycles. The van der Waals surface area contributed by atoms with Gasteiger partial charge in [0.2, 0.25) is 10.0 Å². The number of nitrogens with one attached hydrogen (secondary N) is 2. The number of hydrogen-bond acceptors (Lipinski definition) is 7. The van der Waals surface area contributed by atoms with Crippen LogP contribution in [-0.4, -0.2) is 59.4 Å². The van der Waals surface area contributed by atoms with Crippen LogP contribution in [-0.2, 0) is 24.3 Å². The Bertz CT molecular complexity index is 843. The van der Waals surface area contributed by atoms with Crippen molar-refractivity contribution in [2.24, 2.45) is 0 Å². The van der Waals surface area contributed by atoms with E-state index in [1.165, 1.54) is 18.2 Å². The Balaban J connectivity index is 1.70. The molecule has 1 aromatic carbocycles. The van der Waals surface area contributed by atoms with Crippen LogP contribution in [0.15, 0.2) is 23.1 Å². The SMILES string of the molecule is O=C(COC(=O)CCCNS(=O)(=O)c1ccc2c(c1)OCCO2)NCC(F)(F)F. The first kappa shape index (κ1) is 22.7. The van der Waals surface area contributed by atoms with Gasteiger partial charge in [-0.1, -0.05) is 0 Å². The minimum Gasteiger partial charge on any atom is -0.486 e. The molecule has 9 nitrogen and oxygen atoms in total. The average Bonchev–Trinajstić information content (AvgIpc) is 2.67. The van der Waals surface area contributed by atoms with Crippen molar-refractivity contribution in [3.63, 3.8) is 0 Å². The molecule has 29 heavy (non-hydrogen) atoms. The van der Waals surface area contributed by atoms with Gasteiger partial charge in [0, 0.05) is 19.0 Å². The molecule has 0 aromatic heterocycles. The molecule has 1 aliphatic rings. The van der Waals surface area contributed by atoms with Gasteiger partial charge in [0.15, 0.2) is 18.1 Å². The summed E-state index contributed by atoms with van der Waals surface area (Å²) in [7, 11) is -3.85. The predicted octanol–water partition coefficient (Wildman–Crippen LogP) is 0.738. The largest absolute Gasteiger partial charge is 0.486 e. The summed E-state index contributed by atoms with van der Waals surface area (Å²) in [4.78, 5) is 22.6. The fraction of sp³-hybridized carbons (Fsp3) is 0.500. The fourth-order valence-electron chi connectivity index (χ4n) is 2.18. The van der Waals surface area contributed by atoms with Gasteiger partial charge in [-0.25, -0.2) is 13.1 Å². The normalized spacial score (nSPS) is 13.6. The van der Waals surface area contributed by atoms with Crippen LogP contribution < -0.4 is 19.5 Å². The van der Waals surface area contributed by atoms with Crippen molar-refractivity contribution in [3.8, 4) is 11.5 Å². The van der Waals surface area contributed by atoms with Gasteiger partial charge < -0.3 is 19.5 Å². The summed E-state index contributed by atoms with van der Waals surface area (Å²) in [6, 6.07) is 4.15. The first-order chi connectivity index (χ1) is 13.6. The van der Waals surface area contributed by atoms with Gasteiger partial charge in [-0.3, -0.25) is 9.59 Å². The predicted molar refractivity (Wildman–Crippen MR) is 91.9 cm³/mol. The minimum absolute atomic E-state index is 0.0364. The number of esters is 1. The van der Waals surface area contributed by atoms with Gasteiger partial charge in [0.25, 0.3) is 5.91 Å². The first-order valence-corrected chi connectivity index (χ1v) is 9.93. The van der Waals surface area contributed by atoms with Crippen molar-refractivity contribution in [2.45, 2.75) is 23.9 Å². The molecule has 1 heterocycles. The number of carbonyl (C=O) groups is 2. The van der Waals surface area contributed by atoms with E-state index in [9.17, 15) is 31.2 Å². The Morgan fingerprint density at radius 2 is 1.83 bits per heavy atom. The molecule has 1 aromatic rings. The molecule has 162 valence electrons. The zero-order chi connectivity index (χ0) is 21.5. The minimum atomic E-state index is -4.56. The summed E-state index contributed by atoms with van der Waals surface area (Å²) in [6.45, 7) is -1.79. The molecular formula is C16H19F3N2O7S. The third kappa shape index (κ3) is 7.77. The van der Waals surface area contributed by atoms with Gasteiger partial charge in [-0.2, -0.15) is 13.2 Å². The third-order valence-electron chi connectivity index (χ3n) is 3.52. The molecule has 1 amide bonds. The topological polar surface area (TPSA) is 120 Å². The summed E-state index contributed by atoms with van der Waals surface area (Å²) in [5.74, 6) is -1.18. The van der Waals surface area contributed by atoms with Gasteiger partial charge >= 0.3 is 12.1 Å². The second-order valence-electron chi connectivity index (χ2n) is 5.86. The van der Waals surface area contributed by atoms with E-state index in [1.807, 2.05) is 0 Å². The van der Waals surface area contributed by atoms with Crippen LogP contribution in [0.5, 0.6) is 11.5 Å². The summed E-state index contributed by atoms with van der Waals surface area (Å²) in [5, 5.41) is 1.55. The molecule has 2 N–H and O–H groups in total. The molecule has 0 saturated carbocycles. The Labute approximate surface area is 164 Å². The lowest BCUT2D eigenvalue weighted by atomic mass is 10.3. The maximum absolute atomic E-state index is 12.3. The zero-order valence-corrected chi connectivity index (χ0v) is 15.9. The van der Waals surface area contributed by atoms with Crippen LogP contribution in [0.2, 0.25) is 0 Å². The Kier molecular flexibility index (Phi) is 7.67. The first-order valence-electron chi connectivity index (χ1n) is 8.45. The highest BCUT2D eigenvalue weighted by molar-refractivity contribution is 7.89. The molecule has 0 saturated heterocycles. The Morgan fingerprint density at radius 3 is 2.52 bits per heavy atom. The molecular weight excluding hydrogens is 421 g/mol. The van der Waals surface area contributed by atoms with E-state index in [4.69, 9.17) is 9.47 Å². The second kappa shape index (κ2) is 9.78. The number of alkyl halides is 3. The van der Waals surface area contributed by atoms with E-state index in [0.717, 1.165) is 0 Å². The average molecular weight is 440 g/mol. The monoisotopic (exact) mass is 440 g/mol. The van der Waals surface area contributed by atoms with E-state index in [0.29, 0.717) is 24.7 Å². The van der Waals surface area contributed by atoms with Crippen molar-refractivity contribution in [1.29, 1.82) is 0 Å². The maximum atomic E-state index is 12.3. The van der Waals surface area contributed by atoms with E-state index >= 15 is 0 Å². The smallest absolute Gasteiger partial charge is 0.405 e. The number of ether oxygens (including phenoxy) is 3. The number of carbonyl (C=O) groups excluding carboxylic acids is 2. The molecule has 0 bridgehead atoms. The lowest BCUT2D eigenvalue weighted by molar-refractivity contribution is -0.151. The number of amides is 1. The number of rotatable bonds is 9. The van der Waals surface area contributed by atoms with Gasteiger partial charge in [-0.15, -0.1) is 0 Å². The molecule has 0 aliphatic carbocycles. The molecule has 0 unspecified atom stereocenters. The lowest BCUT2D eigenvalue weighted by Crippen LogP contribution is -2.36. The van der Waals surface area contributed by atoms with Crippen LogP contribution in [0, 0.1) is 0 Å². The molecule has 0 fully saturated rings. The van der Waals surface area contributed by atoms with Crippen molar-refractivity contribution >= 4 is 21.9 Å². The highest BCUT2D eigenvalue weighted by Crippen LogP contribution is 2.32. The molecule has 0 atom stereocenters. The van der Waals surface area contributed by atoms with Crippen LogP contribution in [0.4, 0.5) is 13.2 Å². The number of halogens is 3. The van der Waals surface area contributed by atoms with Gasteiger partial charge in [-0.05, 0) is 18.6 Å². The van der Waals surface area contributed by atoms with E-state index in [-0.39, 0.29) is 24.3 Å². The Hall–Kier alpha value is -2.54. The van der Waals surface area contributed by atoms with Crippen LogP contribution in [0.3, 0.4) is 0 Å². The number of sulfonamides is 1. The van der Waals surface area contributed by atoms with E-state index < -0.39 is 41.2 Å². The molecule has 0 radical (unpaired) electrons. The molecule has 13 heteroatoms. The quantitative estimate of drug-likeness (QED) is 0.429. The van der Waals surface area contributed by atoms with Gasteiger partial charge in [0.1, 0.15) is 19.8 Å². The fourth-order valence-corrected chi connectivity index (χ4v) is 3.27. The number of hydrogen-bond donors (Lipinski definition) is 2. The summed E-state index contributed by atoms with van der Waals surface area (Å²) >= 11 is 0. The second-order valence-corrected chi connectivity index (χ2v) is 7.63. The van der Waals surface area contributed by atoms with Crippen LogP contribution >= 0.6 is 0 Å². The highest BCUT2D eigenvalue weighted by Gasteiger charge is 2.27. The number of benzene rings is 1. The highest BCUT2D eigenvalue weighted by atomic mass is 32.2. The van der Waals surface area contributed by atoms with E-state index in [1.54, 1.807) is 5.32 Å². The number of fused-ring (bicyclic) bond motifs is 1. The maximum Gasteiger partial charge on any atom is 0.405 e. The van der Waals surface area contributed by atoms with Crippen molar-refractivity contribution in [3.05, 3.63) is 18.2 Å². The van der Waals surface area contributed by atoms with Crippen molar-refractivity contribution in [1.82, 2.24) is 10.0 Å². The van der Waals surface area contributed by atoms with Gasteiger partial charge in [0.05, 0.1) is 4.90 Å². The standard InChI is InChI=1S/C16H19F3N2O7S/c17-16(18,19)10-20-14(22)9-28-15(23)2-1-5-21-29(24,25)11-3-4-12-13(8-11)27-7-6-26-12/h3-4,8,21H,1-2,5-7,9-10H2,(H,20,22). The zero-order valence-electron chi connectivity index (χ0n) is 15.1. The lowest BCUT2D eigenvalue weighted by Gasteiger charge is -2.18. The van der Waals surface area contributed by atoms with Crippen molar-refractivity contribution in [2.75, 3.05) is 32.9 Å². The van der Waals surface area contributed by atoms with Crippen LogP contribution in [0.25, 0.3) is 0 Å². The summed E-state index contributed by atoms with van der Waals surface area (Å²) in [6.07, 6.45) is -4.73. The molecule has 0 spiro atoms. The van der Waals surface area contributed by atoms with Crippen LogP contribution in [0.1, 0.15) is 12.8 Å². The summed E-state index contributed by atoms with van der Waals surface area (Å²) in [5.41, 5.74) is 0. The third-order valence-corrected chi connectivity index (χ3v) is 4.98.